The van der Waals surface area contributed by atoms with Crippen molar-refractivity contribution in [1.29, 1.82) is 0 Å². The second-order valence-electron chi connectivity index (χ2n) is 10.4. The summed E-state index contributed by atoms with van der Waals surface area (Å²) in [6, 6.07) is 2.58. The predicted molar refractivity (Wildman–Crippen MR) is 144 cm³/mol. The van der Waals surface area contributed by atoms with Crippen molar-refractivity contribution in [2.24, 2.45) is 22.3 Å². The lowest BCUT2D eigenvalue weighted by Gasteiger charge is -2.31. The van der Waals surface area contributed by atoms with Crippen LogP contribution in [-0.4, -0.2) is 73.6 Å². The highest BCUT2D eigenvalue weighted by atomic mass is 32.2. The van der Waals surface area contributed by atoms with E-state index in [2.05, 4.69) is 24.8 Å². The van der Waals surface area contributed by atoms with E-state index in [9.17, 15) is 22.2 Å². The molecular weight excluding hydrogens is 547 g/mol. The molecule has 2 aliphatic heterocycles. The Kier molecular flexibility index (Phi) is 7.23. The minimum Gasteiger partial charge on any atom is -0.477 e. The number of ether oxygens (including phenoxy) is 1. The number of pyridine rings is 1. The Labute approximate surface area is 230 Å². The van der Waals surface area contributed by atoms with Gasteiger partial charge in [0, 0.05) is 59.2 Å². The van der Waals surface area contributed by atoms with Crippen LogP contribution in [0, 0.1) is 12.8 Å². The van der Waals surface area contributed by atoms with Crippen LogP contribution in [0.2, 0.25) is 0 Å². The standard InChI is InChI=1S/C26H30F3N7O3S/c1-15-10-16-11-21(31-15)19-13-30-35(2)24(19)39-9-5-6-17(26(27,28)29)14-36-22-12-18(34-40(3,4)38)7-8-20(22)32-25(36)33-23(16)37/h7-8,10-11,13,17,22H,5-6,9,12,14H2,1-4H3,(H,32,33,37)/t17-,22?/m1/s1. The van der Waals surface area contributed by atoms with Crippen LogP contribution in [0.15, 0.2) is 51.2 Å². The number of nitrogens with zero attached hydrogens (tertiary/aromatic N) is 6. The first-order valence-corrected chi connectivity index (χ1v) is 15.1. The molecule has 5 rings (SSSR count). The number of hydrogen-bond acceptors (Lipinski definition) is 8. The highest BCUT2D eigenvalue weighted by Gasteiger charge is 2.45. The Morgan fingerprint density at radius 1 is 1.23 bits per heavy atom. The zero-order valence-corrected chi connectivity index (χ0v) is 23.3. The number of rotatable bonds is 1. The van der Waals surface area contributed by atoms with Crippen LogP contribution in [-0.2, 0) is 16.8 Å². The van der Waals surface area contributed by atoms with Crippen LogP contribution in [0.3, 0.4) is 0 Å². The Bertz CT molecular complexity index is 1560. The van der Waals surface area contributed by atoms with Gasteiger partial charge in [-0.3, -0.25) is 9.78 Å². The first kappa shape index (κ1) is 27.9. The largest absolute Gasteiger partial charge is 0.477 e. The number of hydrogen-bond donors (Lipinski definition) is 1. The van der Waals surface area contributed by atoms with Gasteiger partial charge in [-0.05, 0) is 44.1 Å². The zero-order valence-electron chi connectivity index (χ0n) is 22.5. The van der Waals surface area contributed by atoms with Crippen molar-refractivity contribution in [2.75, 3.05) is 25.7 Å². The molecule has 1 fully saturated rings. The van der Waals surface area contributed by atoms with E-state index in [1.807, 2.05) is 0 Å². The second-order valence-corrected chi connectivity index (χ2v) is 12.9. The van der Waals surface area contributed by atoms with Crippen LogP contribution >= 0.6 is 0 Å². The topological polar surface area (TPSA) is 114 Å². The predicted octanol–water partition coefficient (Wildman–Crippen LogP) is 3.81. The summed E-state index contributed by atoms with van der Waals surface area (Å²) in [6.07, 6.45) is 3.57. The second kappa shape index (κ2) is 10.4. The molecule has 1 amide bonds. The maximum Gasteiger partial charge on any atom is 0.393 e. The van der Waals surface area contributed by atoms with Crippen LogP contribution in [0.1, 0.15) is 35.3 Å². The van der Waals surface area contributed by atoms with E-state index in [-0.39, 0.29) is 37.4 Å². The number of aromatic nitrogens is 3. The minimum atomic E-state index is -4.50. The molecule has 2 aromatic heterocycles. The van der Waals surface area contributed by atoms with Crippen LogP contribution < -0.4 is 10.1 Å². The number of allylic oxidation sites excluding steroid dienone is 2. The summed E-state index contributed by atoms with van der Waals surface area (Å²) < 4.78 is 66.8. The lowest BCUT2D eigenvalue weighted by atomic mass is 9.98. The number of amides is 1. The van der Waals surface area contributed by atoms with E-state index in [0.29, 0.717) is 34.2 Å². The fraction of sp³-hybridized carbons (Fsp3) is 0.462. The van der Waals surface area contributed by atoms with Gasteiger partial charge in [-0.25, -0.2) is 13.3 Å². The molecule has 4 heterocycles. The fourth-order valence-corrected chi connectivity index (χ4v) is 5.74. The number of halogens is 3. The lowest BCUT2D eigenvalue weighted by Crippen LogP contribution is -2.43. The average molecular weight is 578 g/mol. The van der Waals surface area contributed by atoms with Crippen LogP contribution in [0.4, 0.5) is 13.2 Å². The van der Waals surface area contributed by atoms with Crippen molar-refractivity contribution in [3.8, 4) is 17.1 Å². The fourth-order valence-electron chi connectivity index (χ4n) is 5.04. The van der Waals surface area contributed by atoms with Gasteiger partial charge in [-0.1, -0.05) is 0 Å². The summed E-state index contributed by atoms with van der Waals surface area (Å²) in [5.74, 6) is -1.96. The van der Waals surface area contributed by atoms with Gasteiger partial charge >= 0.3 is 6.18 Å². The zero-order chi connectivity index (χ0) is 28.8. The summed E-state index contributed by atoms with van der Waals surface area (Å²) in [5, 5.41) is 7.27. The normalized spacial score (nSPS) is 23.1. The van der Waals surface area contributed by atoms with E-state index in [1.54, 1.807) is 44.5 Å². The molecule has 214 valence electrons. The Balaban J connectivity index is 1.59. The van der Waals surface area contributed by atoms with Crippen molar-refractivity contribution >= 4 is 21.6 Å². The van der Waals surface area contributed by atoms with Gasteiger partial charge in [0.15, 0.2) is 0 Å². The van der Waals surface area contributed by atoms with E-state index in [1.165, 1.54) is 22.1 Å². The number of aryl methyl sites for hydroxylation is 2. The highest BCUT2D eigenvalue weighted by Crippen LogP contribution is 2.36. The molecule has 1 saturated heterocycles. The van der Waals surface area contributed by atoms with Gasteiger partial charge in [-0.15, -0.1) is 0 Å². The third-order valence-electron chi connectivity index (χ3n) is 6.84. The Morgan fingerprint density at radius 3 is 2.73 bits per heavy atom. The number of aliphatic imine (C=N–C) groups is 1. The average Bonchev–Trinajstić information content (AvgIpc) is 3.37. The highest BCUT2D eigenvalue weighted by molar-refractivity contribution is 7.92. The molecule has 40 heavy (non-hydrogen) atoms. The Hall–Kier alpha value is -3.68. The molecule has 0 spiro atoms. The molecular formula is C26H30F3N7O3S. The van der Waals surface area contributed by atoms with E-state index >= 15 is 0 Å². The van der Waals surface area contributed by atoms with Crippen molar-refractivity contribution in [2.45, 2.75) is 38.4 Å². The molecule has 1 aliphatic carbocycles. The molecule has 1 unspecified atom stereocenters. The van der Waals surface area contributed by atoms with Crippen molar-refractivity contribution < 1.29 is 26.9 Å². The van der Waals surface area contributed by atoms with Gasteiger partial charge in [0.25, 0.3) is 5.91 Å². The van der Waals surface area contributed by atoms with E-state index in [4.69, 9.17) is 4.74 Å². The first-order valence-electron chi connectivity index (χ1n) is 12.7. The molecule has 10 nitrogen and oxygen atoms in total. The van der Waals surface area contributed by atoms with E-state index < -0.39 is 40.3 Å². The third kappa shape index (κ3) is 5.91. The molecule has 1 N–H and O–H groups in total. The van der Waals surface area contributed by atoms with Crippen LogP contribution in [0.25, 0.3) is 11.3 Å². The summed E-state index contributed by atoms with van der Waals surface area (Å²) in [6.45, 7) is 1.35. The molecule has 3 aliphatic rings. The number of alkyl halides is 3. The molecule has 0 radical (unpaired) electrons. The van der Waals surface area contributed by atoms with Crippen molar-refractivity contribution in [3.05, 3.63) is 53.1 Å². The number of nitrogens with one attached hydrogen (secondary N) is 1. The number of carbonyl (C=O) groups excluding carboxylic acids is 1. The molecule has 2 aromatic rings. The number of fused-ring (bicyclic) bond motifs is 7. The lowest BCUT2D eigenvalue weighted by molar-refractivity contribution is -0.179. The molecule has 0 saturated carbocycles. The third-order valence-corrected chi connectivity index (χ3v) is 7.52. The van der Waals surface area contributed by atoms with Crippen molar-refractivity contribution in [1.82, 2.24) is 25.0 Å². The van der Waals surface area contributed by atoms with Gasteiger partial charge in [0.2, 0.25) is 11.8 Å². The monoisotopic (exact) mass is 577 g/mol. The number of carbonyl (C=O) groups is 1. The quantitative estimate of drug-likeness (QED) is 0.548. The maximum absolute atomic E-state index is 14.3. The van der Waals surface area contributed by atoms with Crippen LogP contribution in [0.5, 0.6) is 5.88 Å². The summed E-state index contributed by atoms with van der Waals surface area (Å²) in [7, 11) is -0.809. The summed E-state index contributed by atoms with van der Waals surface area (Å²) in [5.41, 5.74) is 2.86. The molecule has 14 heteroatoms. The molecule has 2 atom stereocenters. The SMILES string of the molecule is Cc1cc2cc(n1)-c1cnn(C)c1OCCC[C@@H](C(F)(F)F)CN1/C(=N/C2=O)NC2=CC=C(N=S(C)(C)=O)CC21. The first-order chi connectivity index (χ1) is 18.8. The van der Waals surface area contributed by atoms with E-state index in [0.717, 1.165) is 0 Å². The minimum absolute atomic E-state index is 0.0306. The summed E-state index contributed by atoms with van der Waals surface area (Å²) in [4.78, 5) is 23.7. The van der Waals surface area contributed by atoms with Gasteiger partial charge in [0.05, 0.1) is 41.7 Å². The number of guanidine groups is 1. The van der Waals surface area contributed by atoms with Gasteiger partial charge < -0.3 is 15.0 Å². The molecule has 0 aromatic carbocycles. The smallest absolute Gasteiger partial charge is 0.393 e. The maximum atomic E-state index is 14.3. The van der Waals surface area contributed by atoms with Crippen molar-refractivity contribution in [3.63, 3.8) is 0 Å². The molecule has 2 bridgehead atoms. The Morgan fingerprint density at radius 2 is 2.00 bits per heavy atom. The van der Waals surface area contributed by atoms with Gasteiger partial charge in [0.1, 0.15) is 0 Å². The van der Waals surface area contributed by atoms with Gasteiger partial charge in [-0.2, -0.15) is 23.3 Å². The summed E-state index contributed by atoms with van der Waals surface area (Å²) >= 11 is 0.